The van der Waals surface area contributed by atoms with Gasteiger partial charge in [0.15, 0.2) is 12.0 Å². The molecule has 0 spiro atoms. The summed E-state index contributed by atoms with van der Waals surface area (Å²) in [4.78, 5) is 32.9. The lowest BCUT2D eigenvalue weighted by atomic mass is 10.3. The molecule has 4 aromatic rings. The van der Waals surface area contributed by atoms with Gasteiger partial charge in [0, 0.05) is 19.3 Å². The van der Waals surface area contributed by atoms with Gasteiger partial charge in [0.05, 0.1) is 6.20 Å². The zero-order valence-electron chi connectivity index (χ0n) is 15.0. The second-order valence-corrected chi connectivity index (χ2v) is 5.90. The average Bonchev–Trinajstić information content (AvgIpc) is 3.29. The van der Waals surface area contributed by atoms with Crippen molar-refractivity contribution >= 4 is 28.9 Å². The van der Waals surface area contributed by atoms with Crippen molar-refractivity contribution in [2.24, 2.45) is 5.73 Å². The Kier molecular flexibility index (Phi) is 4.03. The first-order valence-electron chi connectivity index (χ1n) is 8.25. The van der Waals surface area contributed by atoms with E-state index >= 15 is 0 Å². The Labute approximate surface area is 157 Å². The van der Waals surface area contributed by atoms with Gasteiger partial charge in [-0.15, -0.1) is 0 Å². The molecule has 0 saturated heterocycles. The van der Waals surface area contributed by atoms with Gasteiger partial charge in [-0.3, -0.25) is 14.2 Å². The Balaban J connectivity index is 1.81. The highest BCUT2D eigenvalue weighted by Gasteiger charge is 2.16. The van der Waals surface area contributed by atoms with Gasteiger partial charge in [-0.1, -0.05) is 0 Å². The van der Waals surface area contributed by atoms with E-state index in [0.717, 1.165) is 0 Å². The quantitative estimate of drug-likeness (QED) is 0.466. The van der Waals surface area contributed by atoms with E-state index in [0.29, 0.717) is 23.2 Å². The van der Waals surface area contributed by atoms with Gasteiger partial charge in [-0.05, 0) is 19.1 Å². The number of anilines is 3. The molecule has 0 aliphatic heterocycles. The van der Waals surface area contributed by atoms with Crippen LogP contribution in [-0.4, -0.2) is 37.1 Å². The molecule has 0 fully saturated rings. The molecule has 142 valence electrons. The molecule has 4 aromatic heterocycles. The maximum absolute atomic E-state index is 12.8. The van der Waals surface area contributed by atoms with Crippen molar-refractivity contribution in [2.45, 2.75) is 6.92 Å². The van der Waals surface area contributed by atoms with E-state index in [1.54, 1.807) is 38.4 Å². The van der Waals surface area contributed by atoms with Crippen LogP contribution in [0.4, 0.5) is 17.3 Å². The molecule has 0 saturated carbocycles. The first kappa shape index (κ1) is 17.3. The van der Waals surface area contributed by atoms with Crippen LogP contribution in [0.1, 0.15) is 16.1 Å². The number of fused-ring (bicyclic) bond motifs is 1. The number of nitrogens with two attached hydrogens (primary N) is 1. The fourth-order valence-electron chi connectivity index (χ4n) is 2.79. The number of carbonyl (C=O) groups excluding carboxylic acids is 1. The Bertz CT molecular complexity index is 1250. The summed E-state index contributed by atoms with van der Waals surface area (Å²) >= 11 is 0. The van der Waals surface area contributed by atoms with Crippen molar-refractivity contribution in [1.29, 1.82) is 0 Å². The summed E-state index contributed by atoms with van der Waals surface area (Å²) in [5.41, 5.74) is 6.32. The average molecular weight is 380 g/mol. The first-order valence-corrected chi connectivity index (χ1v) is 8.25. The first-order chi connectivity index (χ1) is 13.5. The molecule has 0 aliphatic carbocycles. The van der Waals surface area contributed by atoms with Crippen molar-refractivity contribution in [1.82, 2.24) is 24.1 Å². The molecule has 0 bridgehead atoms. The minimum absolute atomic E-state index is 0.169. The lowest BCUT2D eigenvalue weighted by Gasteiger charge is -2.11. The van der Waals surface area contributed by atoms with Crippen molar-refractivity contribution in [3.8, 4) is 5.88 Å². The number of pyridine rings is 1. The maximum atomic E-state index is 12.8. The van der Waals surface area contributed by atoms with E-state index < -0.39 is 5.91 Å². The van der Waals surface area contributed by atoms with E-state index in [4.69, 9.17) is 10.2 Å². The largest absolute Gasteiger partial charge is 0.427 e. The number of nitrogens with zero attached hydrogens (tertiary/aromatic N) is 5. The lowest BCUT2D eigenvalue weighted by molar-refractivity contribution is 0.100. The Morgan fingerprint density at radius 3 is 2.86 bits per heavy atom. The van der Waals surface area contributed by atoms with E-state index in [2.05, 4.69) is 25.7 Å². The molecule has 4 N–H and O–H groups in total. The van der Waals surface area contributed by atoms with Crippen LogP contribution < -0.4 is 21.9 Å². The molecule has 11 heteroatoms. The number of primary amides is 1. The highest BCUT2D eigenvalue weighted by atomic mass is 16.4. The van der Waals surface area contributed by atoms with Crippen LogP contribution in [0, 0.1) is 6.92 Å². The number of aromatic nitrogens is 5. The van der Waals surface area contributed by atoms with Crippen LogP contribution in [0.5, 0.6) is 0 Å². The number of hydrogen-bond donors (Lipinski definition) is 3. The molecular weight excluding hydrogens is 364 g/mol. The molecule has 0 atom stereocenters. The number of oxazole rings is 1. The maximum Gasteiger partial charge on any atom is 0.281 e. The van der Waals surface area contributed by atoms with Crippen molar-refractivity contribution in [2.75, 3.05) is 17.7 Å². The topological polar surface area (TPSA) is 145 Å². The molecule has 0 radical (unpaired) electrons. The monoisotopic (exact) mass is 380 g/mol. The van der Waals surface area contributed by atoms with E-state index in [1.807, 2.05) is 0 Å². The summed E-state index contributed by atoms with van der Waals surface area (Å²) in [7, 11) is 1.70. The minimum Gasteiger partial charge on any atom is -0.427 e. The Morgan fingerprint density at radius 1 is 1.36 bits per heavy atom. The second-order valence-electron chi connectivity index (χ2n) is 5.90. The predicted molar refractivity (Wildman–Crippen MR) is 101 cm³/mol. The third-order valence-corrected chi connectivity index (χ3v) is 4.14. The SMILES string of the molecule is CNc1cc(Nc2cccn(-c3ocnc3C)c2=O)nc2c(C(N)=O)cnn12. The number of aryl methyl sites for hydroxylation is 1. The van der Waals surface area contributed by atoms with Gasteiger partial charge in [0.1, 0.15) is 28.6 Å². The number of rotatable bonds is 5. The van der Waals surface area contributed by atoms with Gasteiger partial charge in [0.25, 0.3) is 11.5 Å². The molecular formula is C17H16N8O3. The molecule has 0 unspecified atom stereocenters. The fraction of sp³-hybridized carbons (Fsp3) is 0.118. The van der Waals surface area contributed by atoms with Crippen LogP contribution in [-0.2, 0) is 0 Å². The van der Waals surface area contributed by atoms with Crippen LogP contribution in [0.15, 0.2) is 46.2 Å². The zero-order valence-corrected chi connectivity index (χ0v) is 15.0. The number of amides is 1. The highest BCUT2D eigenvalue weighted by molar-refractivity contribution is 5.98. The molecule has 0 aromatic carbocycles. The van der Waals surface area contributed by atoms with Crippen molar-refractivity contribution in [3.05, 3.63) is 58.6 Å². The summed E-state index contributed by atoms with van der Waals surface area (Å²) in [6.45, 7) is 1.74. The summed E-state index contributed by atoms with van der Waals surface area (Å²) in [5.74, 6) is 0.579. The standard InChI is InChI=1S/C17H16N8O3/c1-9-17(28-8-20-9)24-5-3-4-11(16(24)27)22-12-6-13(19-2)25-15(23-12)10(7-21-25)14(18)26/h3-8,19H,1-2H3,(H2,18,26)(H,22,23). The molecule has 4 rings (SSSR count). The minimum atomic E-state index is -0.649. The zero-order chi connectivity index (χ0) is 19.8. The van der Waals surface area contributed by atoms with E-state index in [1.165, 1.54) is 21.7 Å². The molecule has 0 aliphatic rings. The molecule has 11 nitrogen and oxygen atoms in total. The van der Waals surface area contributed by atoms with E-state index in [-0.39, 0.29) is 22.5 Å². The Morgan fingerprint density at radius 2 is 2.18 bits per heavy atom. The third kappa shape index (κ3) is 2.74. The smallest absolute Gasteiger partial charge is 0.281 e. The van der Waals surface area contributed by atoms with Gasteiger partial charge in [-0.2, -0.15) is 9.61 Å². The highest BCUT2D eigenvalue weighted by Crippen LogP contribution is 2.21. The van der Waals surface area contributed by atoms with Gasteiger partial charge < -0.3 is 20.8 Å². The van der Waals surface area contributed by atoms with Crippen LogP contribution in [0.2, 0.25) is 0 Å². The van der Waals surface area contributed by atoms with Crippen LogP contribution in [0.25, 0.3) is 11.5 Å². The second kappa shape index (κ2) is 6.54. The van der Waals surface area contributed by atoms with Gasteiger partial charge >= 0.3 is 0 Å². The number of nitrogens with one attached hydrogen (secondary N) is 2. The summed E-state index contributed by atoms with van der Waals surface area (Å²) in [6, 6.07) is 4.96. The predicted octanol–water partition coefficient (Wildman–Crippen LogP) is 1.06. The number of hydrogen-bond acceptors (Lipinski definition) is 8. The normalized spacial score (nSPS) is 10.9. The Hall–Kier alpha value is -4.15. The van der Waals surface area contributed by atoms with Gasteiger partial charge in [0.2, 0.25) is 5.88 Å². The molecule has 4 heterocycles. The fourth-order valence-corrected chi connectivity index (χ4v) is 2.79. The molecule has 28 heavy (non-hydrogen) atoms. The van der Waals surface area contributed by atoms with Crippen LogP contribution >= 0.6 is 0 Å². The van der Waals surface area contributed by atoms with E-state index in [9.17, 15) is 9.59 Å². The van der Waals surface area contributed by atoms with Crippen molar-refractivity contribution < 1.29 is 9.21 Å². The summed E-state index contributed by atoms with van der Waals surface area (Å²) < 4.78 is 8.09. The molecule has 1 amide bonds. The summed E-state index contributed by atoms with van der Waals surface area (Å²) in [5, 5.41) is 10.1. The van der Waals surface area contributed by atoms with Crippen molar-refractivity contribution in [3.63, 3.8) is 0 Å². The van der Waals surface area contributed by atoms with Crippen LogP contribution in [0.3, 0.4) is 0 Å². The third-order valence-electron chi connectivity index (χ3n) is 4.14. The number of carbonyl (C=O) groups is 1. The lowest BCUT2D eigenvalue weighted by Crippen LogP contribution is -2.21. The summed E-state index contributed by atoms with van der Waals surface area (Å²) in [6.07, 6.45) is 4.20. The van der Waals surface area contributed by atoms with Gasteiger partial charge in [-0.25, -0.2) is 9.97 Å².